The smallest absolute Gasteiger partial charge is 0.308 e. The van der Waals surface area contributed by atoms with E-state index in [4.69, 9.17) is 4.74 Å². The minimum absolute atomic E-state index is 0. The number of aliphatic carboxylic acids is 1. The summed E-state index contributed by atoms with van der Waals surface area (Å²) in [5.74, 6) is -0.480. The number of benzene rings is 1. The Kier molecular flexibility index (Phi) is 7.11. The SMILES string of the molecule is Br.COc1ccc2nccc(C(=O)CC[C@@H]3CCNC[C@@H]3C(=O)O)c2c1. The second-order valence-corrected chi connectivity index (χ2v) is 6.40. The van der Waals surface area contributed by atoms with Crippen molar-refractivity contribution in [3.05, 3.63) is 36.0 Å². The number of nitrogens with one attached hydrogen (secondary N) is 1. The van der Waals surface area contributed by atoms with Gasteiger partial charge in [-0.25, -0.2) is 0 Å². The van der Waals surface area contributed by atoms with Gasteiger partial charge in [-0.2, -0.15) is 0 Å². The van der Waals surface area contributed by atoms with Crippen LogP contribution in [0.5, 0.6) is 5.75 Å². The molecule has 2 heterocycles. The summed E-state index contributed by atoms with van der Waals surface area (Å²) in [6, 6.07) is 7.19. The maximum Gasteiger partial charge on any atom is 0.308 e. The number of methoxy groups -OCH3 is 1. The van der Waals surface area contributed by atoms with Crippen molar-refractivity contribution in [2.24, 2.45) is 11.8 Å². The first-order valence-corrected chi connectivity index (χ1v) is 8.49. The second kappa shape index (κ2) is 9.09. The van der Waals surface area contributed by atoms with E-state index in [-0.39, 0.29) is 28.7 Å². The standard InChI is InChI=1S/C19H22N2O4.BrH/c1-25-13-3-4-17-15(10-13)14(7-9-21-17)18(22)5-2-12-6-8-20-11-16(12)19(23)24;/h3-4,7,9-10,12,16,20H,2,5-6,8,11H2,1H3,(H,23,24);1H/t12-,16+;/m1./s1. The molecule has 0 aliphatic carbocycles. The average molecular weight is 423 g/mol. The Bertz CT molecular complexity index is 796. The molecule has 0 bridgehead atoms. The van der Waals surface area contributed by atoms with Crippen LogP contribution in [0.2, 0.25) is 0 Å². The molecule has 140 valence electrons. The molecule has 1 aliphatic heterocycles. The Balaban J connectivity index is 0.00000243. The Morgan fingerprint density at radius 3 is 2.88 bits per heavy atom. The second-order valence-electron chi connectivity index (χ2n) is 6.40. The van der Waals surface area contributed by atoms with Crippen LogP contribution in [0.1, 0.15) is 29.6 Å². The Morgan fingerprint density at radius 2 is 2.15 bits per heavy atom. The van der Waals surface area contributed by atoms with Crippen LogP contribution >= 0.6 is 17.0 Å². The summed E-state index contributed by atoms with van der Waals surface area (Å²) in [6.45, 7) is 1.28. The molecule has 2 N–H and O–H groups in total. The highest BCUT2D eigenvalue weighted by Crippen LogP contribution is 2.27. The van der Waals surface area contributed by atoms with Crippen molar-refractivity contribution in [2.75, 3.05) is 20.2 Å². The van der Waals surface area contributed by atoms with Crippen molar-refractivity contribution >= 4 is 39.6 Å². The molecule has 26 heavy (non-hydrogen) atoms. The Hall–Kier alpha value is -1.99. The van der Waals surface area contributed by atoms with Crippen LogP contribution in [0.25, 0.3) is 10.9 Å². The molecule has 1 saturated heterocycles. The van der Waals surface area contributed by atoms with Gasteiger partial charge in [0.25, 0.3) is 0 Å². The van der Waals surface area contributed by atoms with E-state index in [2.05, 4.69) is 10.3 Å². The predicted octanol–water partition coefficient (Wildman–Crippen LogP) is 3.09. The number of fused-ring (bicyclic) bond motifs is 1. The van der Waals surface area contributed by atoms with Crippen molar-refractivity contribution in [3.63, 3.8) is 0 Å². The first-order chi connectivity index (χ1) is 12.1. The van der Waals surface area contributed by atoms with Gasteiger partial charge in [0.15, 0.2) is 5.78 Å². The number of halogens is 1. The van der Waals surface area contributed by atoms with E-state index in [1.54, 1.807) is 19.4 Å². The molecule has 1 aliphatic rings. The summed E-state index contributed by atoms with van der Waals surface area (Å²) in [5, 5.41) is 13.2. The molecule has 2 aromatic rings. The van der Waals surface area contributed by atoms with Gasteiger partial charge >= 0.3 is 5.97 Å². The van der Waals surface area contributed by atoms with Crippen LogP contribution in [0.3, 0.4) is 0 Å². The number of hydrogen-bond donors (Lipinski definition) is 2. The number of pyridine rings is 1. The molecule has 0 radical (unpaired) electrons. The van der Waals surface area contributed by atoms with E-state index >= 15 is 0 Å². The first-order valence-electron chi connectivity index (χ1n) is 8.49. The molecule has 0 spiro atoms. The van der Waals surface area contributed by atoms with E-state index in [9.17, 15) is 14.7 Å². The molecule has 1 fully saturated rings. The third-order valence-electron chi connectivity index (χ3n) is 4.93. The van der Waals surface area contributed by atoms with Crippen LogP contribution in [-0.2, 0) is 4.79 Å². The number of aromatic nitrogens is 1. The van der Waals surface area contributed by atoms with Gasteiger partial charge < -0.3 is 15.2 Å². The van der Waals surface area contributed by atoms with Gasteiger partial charge in [0.2, 0.25) is 0 Å². The fraction of sp³-hybridized carbons (Fsp3) is 0.421. The molecule has 6 nitrogen and oxygen atoms in total. The highest BCUT2D eigenvalue weighted by atomic mass is 79.9. The van der Waals surface area contributed by atoms with Gasteiger partial charge in [0.05, 0.1) is 18.5 Å². The zero-order valence-corrected chi connectivity index (χ0v) is 16.3. The lowest BCUT2D eigenvalue weighted by atomic mass is 9.82. The summed E-state index contributed by atoms with van der Waals surface area (Å²) >= 11 is 0. The fourth-order valence-electron chi connectivity index (χ4n) is 3.49. The third kappa shape index (κ3) is 4.40. The van der Waals surface area contributed by atoms with Gasteiger partial charge in [-0.15, -0.1) is 17.0 Å². The molecule has 3 rings (SSSR count). The van der Waals surface area contributed by atoms with E-state index in [0.717, 1.165) is 23.9 Å². The number of carboxylic acid groups (broad SMARTS) is 1. The lowest BCUT2D eigenvalue weighted by Crippen LogP contribution is -2.41. The van der Waals surface area contributed by atoms with E-state index in [1.807, 2.05) is 18.2 Å². The van der Waals surface area contributed by atoms with Gasteiger partial charge in [-0.05, 0) is 49.6 Å². The van der Waals surface area contributed by atoms with E-state index < -0.39 is 11.9 Å². The van der Waals surface area contributed by atoms with Crippen LogP contribution in [0.4, 0.5) is 0 Å². The van der Waals surface area contributed by atoms with Crippen LogP contribution < -0.4 is 10.1 Å². The molecular weight excluding hydrogens is 400 g/mol. The summed E-state index contributed by atoms with van der Waals surface area (Å²) in [6.07, 6.45) is 3.35. The zero-order valence-electron chi connectivity index (χ0n) is 14.6. The largest absolute Gasteiger partial charge is 0.497 e. The molecular formula is C19H23BrN2O4. The summed E-state index contributed by atoms with van der Waals surface area (Å²) < 4.78 is 5.24. The fourth-order valence-corrected chi connectivity index (χ4v) is 3.49. The maximum absolute atomic E-state index is 12.7. The molecule has 0 amide bonds. The number of carboxylic acids is 1. The summed E-state index contributed by atoms with van der Waals surface area (Å²) in [7, 11) is 1.59. The van der Waals surface area contributed by atoms with E-state index in [1.165, 1.54) is 0 Å². The van der Waals surface area contributed by atoms with Crippen LogP contribution in [0, 0.1) is 11.8 Å². The van der Waals surface area contributed by atoms with Crippen molar-refractivity contribution in [2.45, 2.75) is 19.3 Å². The predicted molar refractivity (Wildman–Crippen MR) is 104 cm³/mol. The first kappa shape index (κ1) is 20.3. The number of carbonyl (C=O) groups is 2. The molecule has 1 aromatic carbocycles. The molecule has 1 aromatic heterocycles. The quantitative estimate of drug-likeness (QED) is 0.695. The Morgan fingerprint density at radius 1 is 1.35 bits per heavy atom. The third-order valence-corrected chi connectivity index (χ3v) is 4.93. The number of Topliss-reactive ketones (excluding diaryl/α,β-unsaturated/α-hetero) is 1. The molecule has 0 unspecified atom stereocenters. The van der Waals surface area contributed by atoms with E-state index in [0.29, 0.717) is 30.7 Å². The summed E-state index contributed by atoms with van der Waals surface area (Å²) in [4.78, 5) is 28.4. The minimum atomic E-state index is -0.788. The van der Waals surface area contributed by atoms with Crippen LogP contribution in [-0.4, -0.2) is 42.0 Å². The molecule has 2 atom stereocenters. The monoisotopic (exact) mass is 422 g/mol. The Labute approximate surface area is 162 Å². The number of rotatable bonds is 6. The van der Waals surface area contributed by atoms with Crippen molar-refractivity contribution in [1.82, 2.24) is 10.3 Å². The maximum atomic E-state index is 12.7. The van der Waals surface area contributed by atoms with Crippen molar-refractivity contribution in [3.8, 4) is 5.75 Å². The normalized spacial score (nSPS) is 19.6. The summed E-state index contributed by atoms with van der Waals surface area (Å²) in [5.41, 5.74) is 1.36. The minimum Gasteiger partial charge on any atom is -0.497 e. The highest BCUT2D eigenvalue weighted by molar-refractivity contribution is 8.93. The van der Waals surface area contributed by atoms with Crippen molar-refractivity contribution < 1.29 is 19.4 Å². The topological polar surface area (TPSA) is 88.5 Å². The number of ketones is 1. The number of carbonyl (C=O) groups excluding carboxylic acids is 1. The lowest BCUT2D eigenvalue weighted by Gasteiger charge is -2.29. The lowest BCUT2D eigenvalue weighted by molar-refractivity contribution is -0.144. The van der Waals surface area contributed by atoms with Crippen molar-refractivity contribution in [1.29, 1.82) is 0 Å². The molecule has 7 heteroatoms. The average Bonchev–Trinajstić information content (AvgIpc) is 2.65. The van der Waals surface area contributed by atoms with Gasteiger partial charge in [0, 0.05) is 30.1 Å². The number of hydrogen-bond acceptors (Lipinski definition) is 5. The van der Waals surface area contributed by atoms with Gasteiger partial charge in [-0.1, -0.05) is 0 Å². The number of ether oxygens (including phenoxy) is 1. The highest BCUT2D eigenvalue weighted by Gasteiger charge is 2.30. The number of piperidine rings is 1. The molecule has 0 saturated carbocycles. The van der Waals surface area contributed by atoms with Crippen LogP contribution in [0.15, 0.2) is 30.5 Å². The zero-order chi connectivity index (χ0) is 17.8. The number of nitrogens with zero attached hydrogens (tertiary/aromatic N) is 1. The van der Waals surface area contributed by atoms with Gasteiger partial charge in [-0.3, -0.25) is 14.6 Å². The van der Waals surface area contributed by atoms with Gasteiger partial charge in [0.1, 0.15) is 5.75 Å².